The summed E-state index contributed by atoms with van der Waals surface area (Å²) < 4.78 is 1.84. The molecule has 1 heterocycles. The van der Waals surface area contributed by atoms with Crippen LogP contribution >= 0.6 is 11.6 Å². The van der Waals surface area contributed by atoms with Gasteiger partial charge in [-0.2, -0.15) is 5.10 Å². The Kier molecular flexibility index (Phi) is 3.08. The van der Waals surface area contributed by atoms with Crippen LogP contribution in [0.4, 0.5) is 0 Å². The molecule has 1 saturated carbocycles. The lowest BCUT2D eigenvalue weighted by atomic mass is 9.92. The van der Waals surface area contributed by atoms with Crippen LogP contribution in [0.15, 0.2) is 12.4 Å². The van der Waals surface area contributed by atoms with Crippen molar-refractivity contribution in [3.8, 4) is 0 Å². The number of rotatable bonds is 4. The summed E-state index contributed by atoms with van der Waals surface area (Å²) in [5.41, 5.74) is 1.29. The second-order valence-corrected chi connectivity index (χ2v) is 4.61. The Morgan fingerprint density at radius 3 is 3.00 bits per heavy atom. The third kappa shape index (κ3) is 2.49. The normalized spacial score (nSPS) is 26.1. The number of aryl methyl sites for hydroxylation is 1. The number of nitrogens with one attached hydrogen (secondary N) is 1. The Morgan fingerprint density at radius 1 is 1.64 bits per heavy atom. The van der Waals surface area contributed by atoms with Gasteiger partial charge in [0.15, 0.2) is 0 Å². The topological polar surface area (TPSA) is 29.9 Å². The highest BCUT2D eigenvalue weighted by Crippen LogP contribution is 2.24. The summed E-state index contributed by atoms with van der Waals surface area (Å²) in [6, 6.07) is 0.647. The summed E-state index contributed by atoms with van der Waals surface area (Å²) in [6.07, 6.45) is 7.28. The van der Waals surface area contributed by atoms with Gasteiger partial charge in [-0.15, -0.1) is 11.6 Å². The fraction of sp³-hybridized carbons (Fsp3) is 0.700. The molecule has 0 amide bonds. The number of halogens is 1. The minimum absolute atomic E-state index is 0.408. The minimum Gasteiger partial charge on any atom is -0.314 e. The number of nitrogens with zero attached hydrogens (tertiary/aromatic N) is 2. The first-order valence-electron chi connectivity index (χ1n) is 5.09. The van der Waals surface area contributed by atoms with Crippen LogP contribution in [-0.4, -0.2) is 27.7 Å². The van der Waals surface area contributed by atoms with E-state index in [1.807, 2.05) is 17.9 Å². The summed E-state index contributed by atoms with van der Waals surface area (Å²) in [5.74, 6) is 0. The fourth-order valence-corrected chi connectivity index (χ4v) is 2.17. The monoisotopic (exact) mass is 213 g/mol. The molecular formula is C10H16ClN3. The molecule has 1 aromatic heterocycles. The molecule has 78 valence electrons. The smallest absolute Gasteiger partial charge is 0.0522 e. The Hall–Kier alpha value is -0.540. The third-order valence-electron chi connectivity index (χ3n) is 2.69. The van der Waals surface area contributed by atoms with Crippen LogP contribution in [-0.2, 0) is 13.5 Å². The first kappa shape index (κ1) is 9.99. The van der Waals surface area contributed by atoms with E-state index in [2.05, 4.69) is 16.6 Å². The van der Waals surface area contributed by atoms with Crippen LogP contribution < -0.4 is 5.32 Å². The van der Waals surface area contributed by atoms with Crippen molar-refractivity contribution >= 4 is 11.6 Å². The molecule has 3 nitrogen and oxygen atoms in total. The molecule has 0 aromatic carbocycles. The van der Waals surface area contributed by atoms with E-state index in [0.29, 0.717) is 11.4 Å². The maximum Gasteiger partial charge on any atom is 0.0522 e. The number of aromatic nitrogens is 2. The number of hydrogen-bond donors (Lipinski definition) is 1. The largest absolute Gasteiger partial charge is 0.314 e. The summed E-state index contributed by atoms with van der Waals surface area (Å²) in [4.78, 5) is 0. The molecule has 0 aliphatic heterocycles. The lowest BCUT2D eigenvalue weighted by Gasteiger charge is -2.31. The van der Waals surface area contributed by atoms with Crippen LogP contribution in [0.25, 0.3) is 0 Å². The molecule has 4 heteroatoms. The second-order valence-electron chi connectivity index (χ2n) is 3.99. The Bertz CT molecular complexity index is 291. The summed E-state index contributed by atoms with van der Waals surface area (Å²) in [5, 5.41) is 8.02. The van der Waals surface area contributed by atoms with Gasteiger partial charge in [-0.3, -0.25) is 4.68 Å². The van der Waals surface area contributed by atoms with E-state index < -0.39 is 0 Å². The van der Waals surface area contributed by atoms with Gasteiger partial charge in [0.2, 0.25) is 0 Å². The molecule has 14 heavy (non-hydrogen) atoms. The van der Waals surface area contributed by atoms with Gasteiger partial charge in [-0.25, -0.2) is 0 Å². The SMILES string of the molecule is Cn1cc(CCNC2CC(Cl)C2)cn1. The van der Waals surface area contributed by atoms with Crippen molar-refractivity contribution in [3.63, 3.8) is 0 Å². The molecule has 2 rings (SSSR count). The first-order chi connectivity index (χ1) is 6.74. The van der Waals surface area contributed by atoms with Crippen molar-refractivity contribution in [2.75, 3.05) is 6.54 Å². The van der Waals surface area contributed by atoms with E-state index in [1.54, 1.807) is 0 Å². The predicted molar refractivity (Wildman–Crippen MR) is 57.6 cm³/mol. The zero-order valence-electron chi connectivity index (χ0n) is 8.41. The molecule has 0 radical (unpaired) electrons. The average molecular weight is 214 g/mol. The van der Waals surface area contributed by atoms with E-state index in [-0.39, 0.29) is 0 Å². The van der Waals surface area contributed by atoms with E-state index >= 15 is 0 Å². The number of alkyl halides is 1. The molecule has 0 atom stereocenters. The van der Waals surface area contributed by atoms with Crippen LogP contribution in [0.2, 0.25) is 0 Å². The Balaban J connectivity index is 1.63. The highest BCUT2D eigenvalue weighted by molar-refractivity contribution is 6.21. The molecule has 0 saturated heterocycles. The molecule has 1 N–H and O–H groups in total. The third-order valence-corrected chi connectivity index (χ3v) is 3.04. The molecule has 0 spiro atoms. The van der Waals surface area contributed by atoms with Crippen molar-refractivity contribution < 1.29 is 0 Å². The quantitative estimate of drug-likeness (QED) is 0.765. The van der Waals surface area contributed by atoms with Crippen LogP contribution in [0.5, 0.6) is 0 Å². The molecule has 1 aliphatic carbocycles. The molecular weight excluding hydrogens is 198 g/mol. The Labute approximate surface area is 89.4 Å². The van der Waals surface area contributed by atoms with E-state index in [1.165, 1.54) is 5.56 Å². The van der Waals surface area contributed by atoms with E-state index in [4.69, 9.17) is 11.6 Å². The molecule has 1 aliphatic rings. The van der Waals surface area contributed by atoms with Gasteiger partial charge in [0.05, 0.1) is 6.20 Å². The minimum atomic E-state index is 0.408. The molecule has 1 fully saturated rings. The maximum atomic E-state index is 5.89. The zero-order chi connectivity index (χ0) is 9.97. The van der Waals surface area contributed by atoms with Crippen LogP contribution in [0.3, 0.4) is 0 Å². The van der Waals surface area contributed by atoms with E-state index in [9.17, 15) is 0 Å². The molecule has 0 unspecified atom stereocenters. The van der Waals surface area contributed by atoms with Crippen molar-refractivity contribution in [2.45, 2.75) is 30.7 Å². The average Bonchev–Trinajstić information content (AvgIpc) is 2.48. The van der Waals surface area contributed by atoms with Crippen molar-refractivity contribution in [1.29, 1.82) is 0 Å². The summed E-state index contributed by atoms with van der Waals surface area (Å²) >= 11 is 5.89. The highest BCUT2D eigenvalue weighted by atomic mass is 35.5. The second kappa shape index (κ2) is 4.32. The van der Waals surface area contributed by atoms with Crippen molar-refractivity contribution in [2.24, 2.45) is 7.05 Å². The lowest BCUT2D eigenvalue weighted by molar-refractivity contribution is 0.349. The van der Waals surface area contributed by atoms with Crippen molar-refractivity contribution in [1.82, 2.24) is 15.1 Å². The van der Waals surface area contributed by atoms with Gasteiger partial charge in [0.1, 0.15) is 0 Å². The van der Waals surface area contributed by atoms with Gasteiger partial charge in [0.25, 0.3) is 0 Å². The maximum absolute atomic E-state index is 5.89. The predicted octanol–water partition coefficient (Wildman–Crippen LogP) is 1.32. The standard InChI is InChI=1S/C10H16ClN3/c1-14-7-8(6-13-14)2-3-12-10-4-9(11)5-10/h6-7,9-10,12H,2-5H2,1H3. The molecule has 0 bridgehead atoms. The van der Waals surface area contributed by atoms with Gasteiger partial charge >= 0.3 is 0 Å². The Morgan fingerprint density at radius 2 is 2.43 bits per heavy atom. The van der Waals surface area contributed by atoms with Gasteiger partial charge < -0.3 is 5.32 Å². The van der Waals surface area contributed by atoms with Crippen molar-refractivity contribution in [3.05, 3.63) is 18.0 Å². The van der Waals surface area contributed by atoms with Gasteiger partial charge in [-0.05, 0) is 31.4 Å². The summed E-state index contributed by atoms with van der Waals surface area (Å²) in [7, 11) is 1.95. The van der Waals surface area contributed by atoms with Crippen LogP contribution in [0, 0.1) is 0 Å². The highest BCUT2D eigenvalue weighted by Gasteiger charge is 2.26. The first-order valence-corrected chi connectivity index (χ1v) is 5.52. The fourth-order valence-electron chi connectivity index (χ4n) is 1.74. The molecule has 1 aromatic rings. The zero-order valence-corrected chi connectivity index (χ0v) is 9.17. The van der Waals surface area contributed by atoms with Crippen LogP contribution in [0.1, 0.15) is 18.4 Å². The summed E-state index contributed by atoms with van der Waals surface area (Å²) in [6.45, 7) is 1.03. The van der Waals surface area contributed by atoms with Gasteiger partial charge in [-0.1, -0.05) is 0 Å². The number of hydrogen-bond acceptors (Lipinski definition) is 2. The lowest BCUT2D eigenvalue weighted by Crippen LogP contribution is -2.42. The van der Waals surface area contributed by atoms with E-state index in [0.717, 1.165) is 25.8 Å². The van der Waals surface area contributed by atoms with Gasteiger partial charge in [0, 0.05) is 24.7 Å².